The van der Waals surface area contributed by atoms with E-state index in [0.717, 1.165) is 11.6 Å². The molecule has 0 atom stereocenters. The summed E-state index contributed by atoms with van der Waals surface area (Å²) < 4.78 is 13.6. The average molecular weight is 260 g/mol. The third-order valence-corrected chi connectivity index (χ3v) is 2.67. The lowest BCUT2D eigenvalue weighted by atomic mass is 10.2. The third-order valence-electron chi connectivity index (χ3n) is 2.67. The van der Waals surface area contributed by atoms with Crippen molar-refractivity contribution in [2.75, 3.05) is 11.9 Å². The highest BCUT2D eigenvalue weighted by Crippen LogP contribution is 2.15. The van der Waals surface area contributed by atoms with E-state index in [1.165, 1.54) is 12.1 Å². The largest absolute Gasteiger partial charge is 0.478 e. The predicted octanol–water partition coefficient (Wildman–Crippen LogP) is 2.57. The quantitative estimate of drug-likeness (QED) is 0.867. The van der Waals surface area contributed by atoms with E-state index in [1.54, 1.807) is 12.4 Å². The van der Waals surface area contributed by atoms with Crippen LogP contribution in [0.5, 0.6) is 0 Å². The Morgan fingerprint density at radius 2 is 2.21 bits per heavy atom. The highest BCUT2D eigenvalue weighted by atomic mass is 19.1. The van der Waals surface area contributed by atoms with E-state index in [9.17, 15) is 9.18 Å². The van der Waals surface area contributed by atoms with Gasteiger partial charge in [0.15, 0.2) is 0 Å². The van der Waals surface area contributed by atoms with Gasteiger partial charge in [-0.15, -0.1) is 0 Å². The fourth-order valence-corrected chi connectivity index (χ4v) is 1.68. The minimum absolute atomic E-state index is 0.0599. The van der Waals surface area contributed by atoms with E-state index < -0.39 is 11.8 Å². The molecule has 2 N–H and O–H groups in total. The van der Waals surface area contributed by atoms with Crippen molar-refractivity contribution in [1.82, 2.24) is 4.98 Å². The number of hydrogen-bond donors (Lipinski definition) is 2. The number of rotatable bonds is 5. The fourth-order valence-electron chi connectivity index (χ4n) is 1.68. The highest BCUT2D eigenvalue weighted by Gasteiger charge is 2.07. The maximum atomic E-state index is 13.6. The summed E-state index contributed by atoms with van der Waals surface area (Å²) in [6, 6.07) is 7.60. The van der Waals surface area contributed by atoms with Crippen molar-refractivity contribution < 1.29 is 14.3 Å². The first-order valence-electron chi connectivity index (χ1n) is 5.82. The Morgan fingerprint density at radius 3 is 2.84 bits per heavy atom. The normalized spacial score (nSPS) is 10.2. The Hall–Kier alpha value is -2.43. The summed E-state index contributed by atoms with van der Waals surface area (Å²) in [5.41, 5.74) is 1.29. The van der Waals surface area contributed by atoms with Crippen molar-refractivity contribution in [1.29, 1.82) is 0 Å². The molecular weight excluding hydrogens is 247 g/mol. The summed E-state index contributed by atoms with van der Waals surface area (Å²) >= 11 is 0. The molecule has 2 aromatic rings. The molecule has 0 aliphatic heterocycles. The molecule has 19 heavy (non-hydrogen) atoms. The van der Waals surface area contributed by atoms with Crippen molar-refractivity contribution in [3.05, 3.63) is 59.7 Å². The van der Waals surface area contributed by atoms with Gasteiger partial charge in [-0.05, 0) is 36.2 Å². The predicted molar refractivity (Wildman–Crippen MR) is 69.8 cm³/mol. The number of nitrogens with zero attached hydrogens (tertiary/aromatic N) is 1. The van der Waals surface area contributed by atoms with Crippen LogP contribution in [-0.4, -0.2) is 22.6 Å². The van der Waals surface area contributed by atoms with Gasteiger partial charge in [-0.1, -0.05) is 6.07 Å². The van der Waals surface area contributed by atoms with Gasteiger partial charge in [0.25, 0.3) is 0 Å². The van der Waals surface area contributed by atoms with Crippen molar-refractivity contribution in [2.45, 2.75) is 6.42 Å². The number of halogens is 1. The lowest BCUT2D eigenvalue weighted by Gasteiger charge is -2.08. The number of carboxylic acid groups (broad SMARTS) is 1. The first-order valence-corrected chi connectivity index (χ1v) is 5.82. The summed E-state index contributed by atoms with van der Waals surface area (Å²) in [5, 5.41) is 11.7. The standard InChI is InChI=1S/C14H13FN2O2/c15-12-8-11(14(18)19)3-4-13(12)17-7-5-10-2-1-6-16-9-10/h1-4,6,8-9,17H,5,7H2,(H,18,19). The van der Waals surface area contributed by atoms with Crippen molar-refractivity contribution in [3.8, 4) is 0 Å². The number of aromatic nitrogens is 1. The number of pyridine rings is 1. The maximum Gasteiger partial charge on any atom is 0.335 e. The van der Waals surface area contributed by atoms with Gasteiger partial charge in [0, 0.05) is 18.9 Å². The molecule has 0 unspecified atom stereocenters. The molecule has 2 rings (SSSR count). The van der Waals surface area contributed by atoms with Crippen LogP contribution in [0.3, 0.4) is 0 Å². The molecule has 0 aliphatic carbocycles. The Balaban J connectivity index is 1.95. The number of benzene rings is 1. The van der Waals surface area contributed by atoms with Gasteiger partial charge in [0.1, 0.15) is 5.82 Å². The highest BCUT2D eigenvalue weighted by molar-refractivity contribution is 5.88. The van der Waals surface area contributed by atoms with Crippen LogP contribution in [0.25, 0.3) is 0 Å². The lowest BCUT2D eigenvalue weighted by molar-refractivity contribution is 0.0696. The number of nitrogens with one attached hydrogen (secondary N) is 1. The smallest absolute Gasteiger partial charge is 0.335 e. The first-order chi connectivity index (χ1) is 9.16. The Labute approximate surface area is 109 Å². The van der Waals surface area contributed by atoms with Crippen LogP contribution >= 0.6 is 0 Å². The molecule has 0 radical (unpaired) electrons. The molecule has 1 aromatic heterocycles. The Kier molecular flexibility index (Phi) is 4.07. The van der Waals surface area contributed by atoms with Gasteiger partial charge in [0.2, 0.25) is 0 Å². The molecule has 0 spiro atoms. The molecule has 0 saturated heterocycles. The fraction of sp³-hybridized carbons (Fsp3) is 0.143. The van der Waals surface area contributed by atoms with Crippen molar-refractivity contribution >= 4 is 11.7 Å². The van der Waals surface area contributed by atoms with Gasteiger partial charge in [0.05, 0.1) is 11.3 Å². The molecular formula is C14H13FN2O2. The zero-order valence-electron chi connectivity index (χ0n) is 10.1. The summed E-state index contributed by atoms with van der Waals surface area (Å²) in [5.74, 6) is -1.70. The number of anilines is 1. The number of aromatic carboxylic acids is 1. The average Bonchev–Trinajstić information content (AvgIpc) is 2.41. The lowest BCUT2D eigenvalue weighted by Crippen LogP contribution is -2.07. The van der Waals surface area contributed by atoms with Crippen molar-refractivity contribution in [3.63, 3.8) is 0 Å². The van der Waals surface area contributed by atoms with Gasteiger partial charge >= 0.3 is 5.97 Å². The van der Waals surface area contributed by atoms with Gasteiger partial charge in [-0.2, -0.15) is 0 Å². The zero-order chi connectivity index (χ0) is 13.7. The van der Waals surface area contributed by atoms with Crippen LogP contribution in [0, 0.1) is 5.82 Å². The van der Waals surface area contributed by atoms with E-state index in [0.29, 0.717) is 18.7 Å². The molecule has 1 heterocycles. The third kappa shape index (κ3) is 3.51. The van der Waals surface area contributed by atoms with E-state index in [4.69, 9.17) is 5.11 Å². The molecule has 4 nitrogen and oxygen atoms in total. The minimum Gasteiger partial charge on any atom is -0.478 e. The summed E-state index contributed by atoms with van der Waals surface area (Å²) in [4.78, 5) is 14.7. The van der Waals surface area contributed by atoms with E-state index in [-0.39, 0.29) is 5.56 Å². The molecule has 0 saturated carbocycles. The van der Waals surface area contributed by atoms with Crippen LogP contribution in [0.15, 0.2) is 42.7 Å². The van der Waals surface area contributed by atoms with Gasteiger partial charge in [-0.25, -0.2) is 9.18 Å². The van der Waals surface area contributed by atoms with Crippen LogP contribution in [0.2, 0.25) is 0 Å². The number of carboxylic acids is 1. The maximum absolute atomic E-state index is 13.6. The van der Waals surface area contributed by atoms with Crippen LogP contribution in [0.4, 0.5) is 10.1 Å². The number of carbonyl (C=O) groups is 1. The van der Waals surface area contributed by atoms with E-state index in [1.807, 2.05) is 12.1 Å². The van der Waals surface area contributed by atoms with Crippen molar-refractivity contribution in [2.24, 2.45) is 0 Å². The Bertz CT molecular complexity index is 573. The van der Waals surface area contributed by atoms with Gasteiger partial charge in [-0.3, -0.25) is 4.98 Å². The van der Waals surface area contributed by atoms with E-state index >= 15 is 0 Å². The van der Waals surface area contributed by atoms with E-state index in [2.05, 4.69) is 10.3 Å². The molecule has 0 fully saturated rings. The summed E-state index contributed by atoms with van der Waals surface area (Å²) in [6.45, 7) is 0.551. The molecule has 98 valence electrons. The summed E-state index contributed by atoms with van der Waals surface area (Å²) in [6.07, 6.45) is 4.17. The first kappa shape index (κ1) is 13.0. The monoisotopic (exact) mass is 260 g/mol. The molecule has 0 aliphatic rings. The molecule has 5 heteroatoms. The second kappa shape index (κ2) is 5.95. The number of hydrogen-bond acceptors (Lipinski definition) is 3. The SMILES string of the molecule is O=C(O)c1ccc(NCCc2cccnc2)c(F)c1. The van der Waals surface area contributed by atoms with Crippen LogP contribution < -0.4 is 5.32 Å². The molecule has 0 amide bonds. The summed E-state index contributed by atoms with van der Waals surface area (Å²) in [7, 11) is 0. The van der Waals surface area contributed by atoms with Gasteiger partial charge < -0.3 is 10.4 Å². The second-order valence-electron chi connectivity index (χ2n) is 4.04. The second-order valence-corrected chi connectivity index (χ2v) is 4.04. The van der Waals surface area contributed by atoms with Crippen LogP contribution in [0.1, 0.15) is 15.9 Å². The van der Waals surface area contributed by atoms with Crippen LogP contribution in [-0.2, 0) is 6.42 Å². The minimum atomic E-state index is -1.14. The molecule has 0 bridgehead atoms. The topological polar surface area (TPSA) is 62.2 Å². The zero-order valence-corrected chi connectivity index (χ0v) is 10.1. The Morgan fingerprint density at radius 1 is 1.37 bits per heavy atom. The molecule has 1 aromatic carbocycles.